The topological polar surface area (TPSA) is 97.9 Å². The van der Waals surface area contributed by atoms with Crippen LogP contribution in [-0.4, -0.2) is 44.7 Å². The average molecular weight is 356 g/mol. The largest absolute Gasteiger partial charge is 0.497 e. The molecule has 0 bridgehead atoms. The van der Waals surface area contributed by atoms with E-state index in [0.717, 1.165) is 11.3 Å². The fraction of sp³-hybridized carbons (Fsp3) is 0.278. The van der Waals surface area contributed by atoms with Gasteiger partial charge >= 0.3 is 0 Å². The van der Waals surface area contributed by atoms with Gasteiger partial charge in [-0.15, -0.1) is 0 Å². The summed E-state index contributed by atoms with van der Waals surface area (Å²) < 4.78 is 8.18. The Labute approximate surface area is 149 Å². The Hall–Kier alpha value is -3.13. The molecule has 0 aliphatic heterocycles. The van der Waals surface area contributed by atoms with E-state index >= 15 is 0 Å². The minimum absolute atomic E-state index is 0.120. The van der Waals surface area contributed by atoms with Crippen molar-refractivity contribution in [3.05, 3.63) is 52.7 Å². The van der Waals surface area contributed by atoms with Crippen LogP contribution in [0.3, 0.4) is 0 Å². The molecule has 3 rings (SSSR count). The first-order valence-electron chi connectivity index (χ1n) is 8.09. The number of benzene rings is 1. The lowest BCUT2D eigenvalue weighted by atomic mass is 10.1. The van der Waals surface area contributed by atoms with Gasteiger partial charge in [0, 0.05) is 31.0 Å². The normalized spacial score (nSPS) is 12.2. The zero-order valence-corrected chi connectivity index (χ0v) is 14.8. The number of aliphatic hydroxyl groups is 1. The number of carbonyl (C=O) groups excluding carboxylic acids is 1. The van der Waals surface area contributed by atoms with Crippen LogP contribution < -0.4 is 15.6 Å². The van der Waals surface area contributed by atoms with E-state index in [9.17, 15) is 9.59 Å². The number of aromatic nitrogens is 3. The van der Waals surface area contributed by atoms with Crippen molar-refractivity contribution in [1.82, 2.24) is 19.3 Å². The maximum atomic E-state index is 12.6. The van der Waals surface area contributed by atoms with Gasteiger partial charge in [0.25, 0.3) is 11.5 Å². The molecule has 2 heterocycles. The number of hydrogen-bond acceptors (Lipinski definition) is 5. The van der Waals surface area contributed by atoms with Gasteiger partial charge in [-0.2, -0.15) is 0 Å². The molecule has 2 N–H and O–H groups in total. The van der Waals surface area contributed by atoms with E-state index in [-0.39, 0.29) is 23.5 Å². The molecule has 1 amide bonds. The fourth-order valence-electron chi connectivity index (χ4n) is 2.61. The molecular weight excluding hydrogens is 336 g/mol. The van der Waals surface area contributed by atoms with Crippen molar-refractivity contribution in [1.29, 1.82) is 0 Å². The van der Waals surface area contributed by atoms with Gasteiger partial charge in [-0.3, -0.25) is 14.0 Å². The highest BCUT2D eigenvalue weighted by Crippen LogP contribution is 2.21. The summed E-state index contributed by atoms with van der Waals surface area (Å²) in [5.74, 6) is 0.280. The van der Waals surface area contributed by atoms with Crippen LogP contribution in [0, 0.1) is 0 Å². The van der Waals surface area contributed by atoms with E-state index in [1.165, 1.54) is 10.8 Å². The van der Waals surface area contributed by atoms with Crippen LogP contribution in [0.1, 0.15) is 17.4 Å². The van der Waals surface area contributed by atoms with Crippen molar-refractivity contribution in [2.24, 2.45) is 7.05 Å². The average Bonchev–Trinajstić information content (AvgIpc) is 3.09. The van der Waals surface area contributed by atoms with E-state index < -0.39 is 11.9 Å². The molecule has 1 aromatic carbocycles. The van der Waals surface area contributed by atoms with Gasteiger partial charge in [0.2, 0.25) is 5.65 Å². The molecule has 2 aromatic heterocycles. The summed E-state index contributed by atoms with van der Waals surface area (Å²) >= 11 is 0. The highest BCUT2D eigenvalue weighted by atomic mass is 16.5. The first-order valence-corrected chi connectivity index (χ1v) is 8.09. The Morgan fingerprint density at radius 3 is 2.62 bits per heavy atom. The number of nitrogens with zero attached hydrogens (tertiary/aromatic N) is 3. The van der Waals surface area contributed by atoms with E-state index in [2.05, 4.69) is 10.3 Å². The minimum Gasteiger partial charge on any atom is -0.497 e. The standard InChI is InChI=1S/C18H20N4O4/c1-11(10-23)19-17(24)14-8-22-9-15(21(2)18(25)16(22)20-14)12-4-6-13(26-3)7-5-12/h4-9,11,23H,10H2,1-3H3,(H,19,24)/t11-/m0/s1. The Bertz CT molecular complexity index is 1000. The summed E-state index contributed by atoms with van der Waals surface area (Å²) in [6, 6.07) is 6.94. The molecule has 1 atom stereocenters. The molecule has 0 saturated heterocycles. The molecule has 8 heteroatoms. The number of fused-ring (bicyclic) bond motifs is 1. The lowest BCUT2D eigenvalue weighted by Crippen LogP contribution is -2.35. The Balaban J connectivity index is 2.06. The number of imidazole rings is 1. The molecule has 8 nitrogen and oxygen atoms in total. The van der Waals surface area contributed by atoms with E-state index in [1.54, 1.807) is 31.7 Å². The van der Waals surface area contributed by atoms with Crippen LogP contribution in [0.2, 0.25) is 0 Å². The van der Waals surface area contributed by atoms with Crippen LogP contribution in [-0.2, 0) is 7.05 Å². The molecular formula is C18H20N4O4. The zero-order valence-electron chi connectivity index (χ0n) is 14.8. The van der Waals surface area contributed by atoms with Gasteiger partial charge in [-0.1, -0.05) is 0 Å². The summed E-state index contributed by atoms with van der Waals surface area (Å²) in [5, 5.41) is 11.7. The summed E-state index contributed by atoms with van der Waals surface area (Å²) in [7, 11) is 3.25. The SMILES string of the molecule is COc1ccc(-c2cn3cc(C(=O)N[C@@H](C)CO)nc3c(=O)n2C)cc1. The van der Waals surface area contributed by atoms with Crippen LogP contribution in [0.15, 0.2) is 41.5 Å². The lowest BCUT2D eigenvalue weighted by Gasteiger charge is -2.09. The summed E-state index contributed by atoms with van der Waals surface area (Å²) in [6.07, 6.45) is 3.25. The van der Waals surface area contributed by atoms with Gasteiger partial charge in [0.15, 0.2) is 0 Å². The monoisotopic (exact) mass is 356 g/mol. The van der Waals surface area contributed by atoms with Gasteiger partial charge < -0.3 is 19.7 Å². The van der Waals surface area contributed by atoms with Gasteiger partial charge in [0.05, 0.1) is 19.4 Å². The number of amides is 1. The first kappa shape index (κ1) is 17.7. The molecule has 26 heavy (non-hydrogen) atoms. The van der Waals surface area contributed by atoms with Crippen LogP contribution in [0.5, 0.6) is 5.75 Å². The maximum absolute atomic E-state index is 12.6. The third-order valence-corrected chi connectivity index (χ3v) is 4.12. The molecule has 0 aliphatic rings. The molecule has 0 radical (unpaired) electrons. The number of methoxy groups -OCH3 is 1. The predicted molar refractivity (Wildman–Crippen MR) is 96.4 cm³/mol. The minimum atomic E-state index is -0.441. The number of ether oxygens (including phenoxy) is 1. The lowest BCUT2D eigenvalue weighted by molar-refractivity contribution is 0.0918. The molecule has 0 fully saturated rings. The highest BCUT2D eigenvalue weighted by molar-refractivity contribution is 5.93. The van der Waals surface area contributed by atoms with Crippen molar-refractivity contribution in [3.63, 3.8) is 0 Å². The number of hydrogen-bond donors (Lipinski definition) is 2. The smallest absolute Gasteiger partial charge is 0.294 e. The van der Waals surface area contributed by atoms with Crippen molar-refractivity contribution < 1.29 is 14.6 Å². The number of aliphatic hydroxyl groups excluding tert-OH is 1. The van der Waals surface area contributed by atoms with Gasteiger partial charge in [0.1, 0.15) is 11.4 Å². The van der Waals surface area contributed by atoms with E-state index in [0.29, 0.717) is 5.69 Å². The van der Waals surface area contributed by atoms with Crippen molar-refractivity contribution in [2.45, 2.75) is 13.0 Å². The number of rotatable bonds is 5. The van der Waals surface area contributed by atoms with Gasteiger partial charge in [-0.25, -0.2) is 4.98 Å². The first-order chi connectivity index (χ1) is 12.4. The second-order valence-electron chi connectivity index (χ2n) is 6.02. The summed E-state index contributed by atoms with van der Waals surface area (Å²) in [6.45, 7) is 1.50. The zero-order chi connectivity index (χ0) is 18.8. The molecule has 136 valence electrons. The Kier molecular flexibility index (Phi) is 4.77. The second kappa shape index (κ2) is 7.01. The second-order valence-corrected chi connectivity index (χ2v) is 6.02. The van der Waals surface area contributed by atoms with E-state index in [1.807, 2.05) is 24.3 Å². The molecule has 0 aliphatic carbocycles. The van der Waals surface area contributed by atoms with Crippen molar-refractivity contribution in [3.8, 4) is 17.0 Å². The number of carbonyl (C=O) groups is 1. The predicted octanol–water partition coefficient (Wildman–Crippen LogP) is 0.819. The summed E-state index contributed by atoms with van der Waals surface area (Å²) in [5.41, 5.74) is 1.48. The van der Waals surface area contributed by atoms with Crippen LogP contribution in [0.25, 0.3) is 16.9 Å². The van der Waals surface area contributed by atoms with Gasteiger partial charge in [-0.05, 0) is 31.2 Å². The fourth-order valence-corrected chi connectivity index (χ4v) is 2.61. The van der Waals surface area contributed by atoms with Crippen LogP contribution >= 0.6 is 0 Å². The Morgan fingerprint density at radius 1 is 1.31 bits per heavy atom. The van der Waals surface area contributed by atoms with Crippen molar-refractivity contribution >= 4 is 11.6 Å². The highest BCUT2D eigenvalue weighted by Gasteiger charge is 2.16. The third-order valence-electron chi connectivity index (χ3n) is 4.12. The molecule has 0 unspecified atom stereocenters. The number of nitrogens with one attached hydrogen (secondary N) is 1. The molecule has 0 spiro atoms. The molecule has 0 saturated carbocycles. The van der Waals surface area contributed by atoms with Crippen molar-refractivity contribution in [2.75, 3.05) is 13.7 Å². The third kappa shape index (κ3) is 3.18. The van der Waals surface area contributed by atoms with Crippen LogP contribution in [0.4, 0.5) is 0 Å². The summed E-state index contributed by atoms with van der Waals surface area (Å²) in [4.78, 5) is 29.0. The quantitative estimate of drug-likeness (QED) is 0.705. The molecule has 3 aromatic rings. The van der Waals surface area contributed by atoms with E-state index in [4.69, 9.17) is 9.84 Å². The maximum Gasteiger partial charge on any atom is 0.294 e. The Morgan fingerprint density at radius 2 is 2.00 bits per heavy atom.